The predicted molar refractivity (Wildman–Crippen MR) is 92.2 cm³/mol. The highest BCUT2D eigenvalue weighted by atomic mass is 32.2. The van der Waals surface area contributed by atoms with E-state index in [9.17, 15) is 9.59 Å². The van der Waals surface area contributed by atoms with Gasteiger partial charge in [0.15, 0.2) is 0 Å². The van der Waals surface area contributed by atoms with Gasteiger partial charge in [0.1, 0.15) is 5.01 Å². The van der Waals surface area contributed by atoms with E-state index in [4.69, 9.17) is 0 Å². The van der Waals surface area contributed by atoms with Crippen molar-refractivity contribution in [2.75, 3.05) is 16.4 Å². The summed E-state index contributed by atoms with van der Waals surface area (Å²) in [7, 11) is 0. The molecule has 2 heterocycles. The van der Waals surface area contributed by atoms with Crippen molar-refractivity contribution >= 4 is 45.7 Å². The molecule has 8 heteroatoms. The Labute approximate surface area is 142 Å². The molecule has 2 aromatic rings. The topological polar surface area (TPSA) is 84.0 Å². The number of carbonyl (C=O) groups is 2. The quantitative estimate of drug-likeness (QED) is 0.887. The van der Waals surface area contributed by atoms with Gasteiger partial charge in [-0.2, -0.15) is 0 Å². The van der Waals surface area contributed by atoms with Gasteiger partial charge in [-0.15, -0.1) is 22.0 Å². The molecular weight excluding hydrogens is 332 g/mol. The van der Waals surface area contributed by atoms with Crippen LogP contribution in [0.15, 0.2) is 23.1 Å². The lowest BCUT2D eigenvalue weighted by atomic mass is 10.1. The average Bonchev–Trinajstić information content (AvgIpc) is 2.92. The zero-order chi connectivity index (χ0) is 16.4. The molecular formula is C15H16N4O2S2. The summed E-state index contributed by atoms with van der Waals surface area (Å²) in [5.74, 6) is 0.586. The fourth-order valence-corrected chi connectivity index (χ4v) is 3.86. The predicted octanol–water partition coefficient (Wildman–Crippen LogP) is 3.03. The Morgan fingerprint density at radius 2 is 2.22 bits per heavy atom. The van der Waals surface area contributed by atoms with Gasteiger partial charge in [0.05, 0.1) is 11.4 Å². The van der Waals surface area contributed by atoms with Crippen molar-refractivity contribution in [2.24, 2.45) is 5.92 Å². The highest BCUT2D eigenvalue weighted by Gasteiger charge is 2.18. The summed E-state index contributed by atoms with van der Waals surface area (Å²) in [6, 6.07) is 5.28. The number of nitrogens with one attached hydrogen (secondary N) is 2. The molecule has 0 atom stereocenters. The van der Waals surface area contributed by atoms with E-state index in [1.54, 1.807) is 12.1 Å². The maximum absolute atomic E-state index is 12.3. The first kappa shape index (κ1) is 15.9. The van der Waals surface area contributed by atoms with Crippen LogP contribution in [0.2, 0.25) is 0 Å². The van der Waals surface area contributed by atoms with Gasteiger partial charge in [0, 0.05) is 16.9 Å². The van der Waals surface area contributed by atoms with Crippen molar-refractivity contribution in [3.05, 3.63) is 28.8 Å². The molecule has 0 aliphatic carbocycles. The van der Waals surface area contributed by atoms with E-state index in [1.807, 2.05) is 6.07 Å². The number of rotatable bonds is 4. The average molecular weight is 348 g/mol. The normalized spacial score (nSPS) is 13.6. The molecule has 2 amide bonds. The van der Waals surface area contributed by atoms with E-state index in [2.05, 4.69) is 34.7 Å². The number of amides is 2. The zero-order valence-corrected chi connectivity index (χ0v) is 14.4. The maximum Gasteiger partial charge on any atom is 0.257 e. The molecule has 1 aromatic heterocycles. The fourth-order valence-electron chi connectivity index (χ4n) is 2.13. The fraction of sp³-hybridized carbons (Fsp3) is 0.333. The van der Waals surface area contributed by atoms with Crippen LogP contribution in [0.4, 0.5) is 10.8 Å². The number of thioether (sulfide) groups is 1. The van der Waals surface area contributed by atoms with E-state index >= 15 is 0 Å². The summed E-state index contributed by atoms with van der Waals surface area (Å²) in [4.78, 5) is 24.7. The lowest BCUT2D eigenvalue weighted by Crippen LogP contribution is -2.19. The van der Waals surface area contributed by atoms with Crippen molar-refractivity contribution in [3.8, 4) is 0 Å². The summed E-state index contributed by atoms with van der Waals surface area (Å²) in [5.41, 5.74) is 1.16. The summed E-state index contributed by atoms with van der Waals surface area (Å²) in [5, 5.41) is 15.0. The zero-order valence-electron chi connectivity index (χ0n) is 12.8. The SMILES string of the molecule is CC(C)Cc1nnc(NC(=O)c2ccc3c(c2)NC(=O)CS3)s1. The van der Waals surface area contributed by atoms with Crippen molar-refractivity contribution in [1.29, 1.82) is 0 Å². The summed E-state index contributed by atoms with van der Waals surface area (Å²) >= 11 is 2.85. The molecule has 23 heavy (non-hydrogen) atoms. The second-order valence-corrected chi connectivity index (χ2v) is 7.68. The summed E-state index contributed by atoms with van der Waals surface area (Å²) < 4.78 is 0. The van der Waals surface area contributed by atoms with Crippen molar-refractivity contribution in [3.63, 3.8) is 0 Å². The molecule has 0 saturated carbocycles. The van der Waals surface area contributed by atoms with E-state index in [-0.39, 0.29) is 11.8 Å². The lowest BCUT2D eigenvalue weighted by molar-refractivity contribution is -0.113. The molecule has 0 bridgehead atoms. The van der Waals surface area contributed by atoms with Gasteiger partial charge in [0.25, 0.3) is 5.91 Å². The Morgan fingerprint density at radius 1 is 1.39 bits per heavy atom. The third kappa shape index (κ3) is 3.89. The van der Waals surface area contributed by atoms with E-state index in [1.165, 1.54) is 23.1 Å². The van der Waals surface area contributed by atoms with E-state index in [0.717, 1.165) is 16.3 Å². The maximum atomic E-state index is 12.3. The Balaban J connectivity index is 1.72. The highest BCUT2D eigenvalue weighted by molar-refractivity contribution is 8.00. The highest BCUT2D eigenvalue weighted by Crippen LogP contribution is 2.32. The molecule has 2 N–H and O–H groups in total. The monoisotopic (exact) mass is 348 g/mol. The minimum atomic E-state index is -0.259. The second-order valence-electron chi connectivity index (χ2n) is 5.60. The van der Waals surface area contributed by atoms with Crippen LogP contribution in [0.3, 0.4) is 0 Å². The van der Waals surface area contributed by atoms with Crippen LogP contribution < -0.4 is 10.6 Å². The third-order valence-electron chi connectivity index (χ3n) is 3.14. The molecule has 3 rings (SSSR count). The van der Waals surface area contributed by atoms with E-state index in [0.29, 0.717) is 28.1 Å². The number of hydrogen-bond donors (Lipinski definition) is 2. The van der Waals surface area contributed by atoms with Crippen LogP contribution in [0.1, 0.15) is 29.2 Å². The molecule has 1 aliphatic rings. The Morgan fingerprint density at radius 3 is 3.00 bits per heavy atom. The Hall–Kier alpha value is -1.93. The molecule has 1 aliphatic heterocycles. The van der Waals surface area contributed by atoms with Crippen LogP contribution in [0, 0.1) is 5.92 Å². The largest absolute Gasteiger partial charge is 0.324 e. The number of benzene rings is 1. The molecule has 0 saturated heterocycles. The van der Waals surface area contributed by atoms with Gasteiger partial charge >= 0.3 is 0 Å². The smallest absolute Gasteiger partial charge is 0.257 e. The number of aromatic nitrogens is 2. The van der Waals surface area contributed by atoms with Gasteiger partial charge in [-0.25, -0.2) is 0 Å². The third-order valence-corrected chi connectivity index (χ3v) is 5.08. The molecule has 0 unspecified atom stereocenters. The van der Waals surface area contributed by atoms with Gasteiger partial charge in [-0.3, -0.25) is 14.9 Å². The number of nitrogens with zero attached hydrogens (tertiary/aromatic N) is 2. The summed E-state index contributed by atoms with van der Waals surface area (Å²) in [6.45, 7) is 4.22. The first-order valence-corrected chi connectivity index (χ1v) is 9.02. The van der Waals surface area contributed by atoms with Crippen molar-refractivity contribution < 1.29 is 9.59 Å². The lowest BCUT2D eigenvalue weighted by Gasteiger charge is -2.16. The van der Waals surface area contributed by atoms with Gasteiger partial charge in [0.2, 0.25) is 11.0 Å². The summed E-state index contributed by atoms with van der Waals surface area (Å²) in [6.07, 6.45) is 0.843. The molecule has 0 radical (unpaired) electrons. The second kappa shape index (κ2) is 6.67. The first-order chi connectivity index (χ1) is 11.0. The van der Waals surface area contributed by atoms with E-state index < -0.39 is 0 Å². The standard InChI is InChI=1S/C15H16N4O2S2/c1-8(2)5-13-18-19-15(23-13)17-14(21)9-3-4-11-10(6-9)16-12(20)7-22-11/h3-4,6,8H,5,7H2,1-2H3,(H,16,20)(H,17,19,21). The Kier molecular flexibility index (Phi) is 4.63. The minimum absolute atomic E-state index is 0.0532. The molecule has 0 fully saturated rings. The number of carbonyl (C=O) groups excluding carboxylic acids is 2. The van der Waals surface area contributed by atoms with Crippen LogP contribution in [-0.4, -0.2) is 27.8 Å². The minimum Gasteiger partial charge on any atom is -0.324 e. The molecule has 1 aromatic carbocycles. The molecule has 120 valence electrons. The van der Waals surface area contributed by atoms with Gasteiger partial charge in [-0.05, 0) is 24.1 Å². The van der Waals surface area contributed by atoms with Crippen LogP contribution in [0.25, 0.3) is 0 Å². The van der Waals surface area contributed by atoms with Crippen molar-refractivity contribution in [2.45, 2.75) is 25.2 Å². The van der Waals surface area contributed by atoms with Gasteiger partial charge in [-0.1, -0.05) is 25.2 Å². The molecule has 6 nitrogen and oxygen atoms in total. The number of hydrogen-bond acceptors (Lipinski definition) is 6. The molecule has 0 spiro atoms. The van der Waals surface area contributed by atoms with Crippen LogP contribution in [0.5, 0.6) is 0 Å². The van der Waals surface area contributed by atoms with Crippen LogP contribution in [-0.2, 0) is 11.2 Å². The Bertz CT molecular complexity index is 758. The van der Waals surface area contributed by atoms with Gasteiger partial charge < -0.3 is 5.32 Å². The van der Waals surface area contributed by atoms with Crippen LogP contribution >= 0.6 is 23.1 Å². The van der Waals surface area contributed by atoms with Crippen molar-refractivity contribution in [1.82, 2.24) is 10.2 Å². The number of fused-ring (bicyclic) bond motifs is 1. The number of anilines is 2. The first-order valence-electron chi connectivity index (χ1n) is 7.21.